The van der Waals surface area contributed by atoms with Gasteiger partial charge in [0.15, 0.2) is 0 Å². The van der Waals surface area contributed by atoms with Crippen LogP contribution in [0.2, 0.25) is 0 Å². The number of hydrogen-bond acceptors (Lipinski definition) is 3. The second kappa shape index (κ2) is 4.78. The van der Waals surface area contributed by atoms with Gasteiger partial charge in [0.05, 0.1) is 31.5 Å². The molecule has 1 aromatic heterocycles. The van der Waals surface area contributed by atoms with E-state index in [0.717, 1.165) is 16.5 Å². The van der Waals surface area contributed by atoms with Gasteiger partial charge in [0.25, 0.3) is 0 Å². The van der Waals surface area contributed by atoms with E-state index in [-0.39, 0.29) is 6.61 Å². The summed E-state index contributed by atoms with van der Waals surface area (Å²) in [5.41, 5.74) is 1.48. The SMILES string of the molecule is OCC1(C#CC#Cc2ccc3[nH]ncc3c2)COC1. The van der Waals surface area contributed by atoms with Crippen LogP contribution >= 0.6 is 0 Å². The summed E-state index contributed by atoms with van der Waals surface area (Å²) in [5, 5.41) is 17.1. The van der Waals surface area contributed by atoms with Gasteiger partial charge < -0.3 is 9.84 Å². The van der Waals surface area contributed by atoms with Crippen molar-refractivity contribution in [1.29, 1.82) is 0 Å². The number of aliphatic hydroxyl groups excluding tert-OH is 1. The number of H-pyrrole nitrogens is 1. The number of rotatable bonds is 1. The van der Waals surface area contributed by atoms with E-state index < -0.39 is 5.41 Å². The van der Waals surface area contributed by atoms with E-state index in [9.17, 15) is 5.11 Å². The van der Waals surface area contributed by atoms with Crippen LogP contribution < -0.4 is 0 Å². The average molecular weight is 252 g/mol. The molecule has 1 aliphatic heterocycles. The molecule has 1 aromatic carbocycles. The average Bonchev–Trinajstić information content (AvgIpc) is 2.84. The molecule has 4 nitrogen and oxygen atoms in total. The van der Waals surface area contributed by atoms with Gasteiger partial charge in [-0.1, -0.05) is 11.8 Å². The van der Waals surface area contributed by atoms with E-state index in [1.807, 2.05) is 18.2 Å². The lowest BCUT2D eigenvalue weighted by atomic mass is 9.88. The van der Waals surface area contributed by atoms with E-state index in [1.165, 1.54) is 0 Å². The first-order valence-electron chi connectivity index (χ1n) is 5.96. The maximum Gasteiger partial charge on any atom is 0.102 e. The third-order valence-corrected chi connectivity index (χ3v) is 3.10. The Morgan fingerprint density at radius 2 is 2.26 bits per heavy atom. The van der Waals surface area contributed by atoms with E-state index in [0.29, 0.717) is 13.2 Å². The lowest BCUT2D eigenvalue weighted by Gasteiger charge is -2.34. The van der Waals surface area contributed by atoms with Gasteiger partial charge in [0.1, 0.15) is 5.41 Å². The Morgan fingerprint density at radius 3 is 3.00 bits per heavy atom. The predicted octanol–water partition coefficient (Wildman–Crippen LogP) is 0.927. The van der Waals surface area contributed by atoms with E-state index in [1.54, 1.807) is 6.20 Å². The Labute approximate surface area is 110 Å². The molecular formula is C15H12N2O2. The molecule has 0 atom stereocenters. The molecule has 1 aliphatic rings. The zero-order chi connectivity index (χ0) is 13.1. The Kier molecular flexibility index (Phi) is 2.97. The number of aromatic nitrogens is 2. The molecule has 1 saturated heterocycles. The van der Waals surface area contributed by atoms with Gasteiger partial charge in [-0.2, -0.15) is 5.10 Å². The highest BCUT2D eigenvalue weighted by molar-refractivity contribution is 5.79. The van der Waals surface area contributed by atoms with E-state index in [2.05, 4.69) is 33.9 Å². The predicted molar refractivity (Wildman–Crippen MR) is 71.1 cm³/mol. The molecule has 2 N–H and O–H groups in total. The van der Waals surface area contributed by atoms with Gasteiger partial charge in [-0.25, -0.2) is 0 Å². The fourth-order valence-corrected chi connectivity index (χ4v) is 1.84. The molecule has 0 aliphatic carbocycles. The van der Waals surface area contributed by atoms with Crippen LogP contribution in [-0.2, 0) is 4.74 Å². The van der Waals surface area contributed by atoms with Gasteiger partial charge in [-0.05, 0) is 30.0 Å². The number of nitrogens with one attached hydrogen (secondary N) is 1. The van der Waals surface area contributed by atoms with Crippen molar-refractivity contribution in [2.45, 2.75) is 0 Å². The minimum absolute atomic E-state index is 0.0165. The quantitative estimate of drug-likeness (QED) is 0.742. The van der Waals surface area contributed by atoms with Gasteiger partial charge in [-0.15, -0.1) is 0 Å². The van der Waals surface area contributed by atoms with Crippen LogP contribution in [0, 0.1) is 29.1 Å². The van der Waals surface area contributed by atoms with Crippen molar-refractivity contribution in [2.75, 3.05) is 19.8 Å². The molecule has 0 spiro atoms. The highest BCUT2D eigenvalue weighted by Gasteiger charge is 2.36. The number of benzene rings is 1. The molecule has 0 saturated carbocycles. The summed E-state index contributed by atoms with van der Waals surface area (Å²) in [7, 11) is 0. The van der Waals surface area contributed by atoms with Crippen LogP contribution in [0.25, 0.3) is 10.9 Å². The molecule has 0 amide bonds. The molecule has 2 aromatic rings. The minimum Gasteiger partial charge on any atom is -0.395 e. The standard InChI is InChI=1S/C15H12N2O2/c18-9-15(10-19-11-15)6-2-1-3-12-4-5-14-13(7-12)8-16-17-14/h4-5,7-8,18H,9-11H2,(H,16,17). The normalized spacial score (nSPS) is 15.8. The third-order valence-electron chi connectivity index (χ3n) is 3.10. The number of ether oxygens (including phenoxy) is 1. The fraction of sp³-hybridized carbons (Fsp3) is 0.267. The largest absolute Gasteiger partial charge is 0.395 e. The van der Waals surface area contributed by atoms with Crippen LogP contribution in [0.15, 0.2) is 24.4 Å². The van der Waals surface area contributed by atoms with Crippen LogP contribution in [0.1, 0.15) is 5.56 Å². The number of aliphatic hydroxyl groups is 1. The molecule has 0 unspecified atom stereocenters. The maximum atomic E-state index is 9.21. The van der Waals surface area contributed by atoms with E-state index in [4.69, 9.17) is 4.74 Å². The first-order chi connectivity index (χ1) is 9.31. The van der Waals surface area contributed by atoms with Crippen molar-refractivity contribution in [2.24, 2.45) is 5.41 Å². The summed E-state index contributed by atoms with van der Waals surface area (Å²) in [6, 6.07) is 5.82. The fourth-order valence-electron chi connectivity index (χ4n) is 1.84. The maximum absolute atomic E-state index is 9.21. The highest BCUT2D eigenvalue weighted by atomic mass is 16.5. The molecular weight excluding hydrogens is 240 g/mol. The number of fused-ring (bicyclic) bond motifs is 1. The second-order valence-corrected chi connectivity index (χ2v) is 4.60. The third kappa shape index (κ3) is 2.32. The smallest absolute Gasteiger partial charge is 0.102 e. The topological polar surface area (TPSA) is 58.1 Å². The summed E-state index contributed by atoms with van der Waals surface area (Å²) in [5.74, 6) is 11.6. The lowest BCUT2D eigenvalue weighted by Crippen LogP contribution is -2.44. The Morgan fingerprint density at radius 1 is 1.37 bits per heavy atom. The lowest BCUT2D eigenvalue weighted by molar-refractivity contribution is -0.0998. The van der Waals surface area contributed by atoms with Crippen LogP contribution in [-0.4, -0.2) is 35.1 Å². The monoisotopic (exact) mass is 252 g/mol. The molecule has 19 heavy (non-hydrogen) atoms. The van der Waals surface area contributed by atoms with Crippen molar-refractivity contribution in [3.8, 4) is 23.7 Å². The van der Waals surface area contributed by atoms with Crippen LogP contribution in [0.3, 0.4) is 0 Å². The second-order valence-electron chi connectivity index (χ2n) is 4.60. The number of aromatic amines is 1. The zero-order valence-electron chi connectivity index (χ0n) is 10.2. The summed E-state index contributed by atoms with van der Waals surface area (Å²) in [4.78, 5) is 0. The van der Waals surface area contributed by atoms with Crippen LogP contribution in [0.5, 0.6) is 0 Å². The minimum atomic E-state index is -0.400. The van der Waals surface area contributed by atoms with Gasteiger partial charge in [0.2, 0.25) is 0 Å². The molecule has 0 radical (unpaired) electrons. The van der Waals surface area contributed by atoms with Gasteiger partial charge in [-0.3, -0.25) is 5.10 Å². The van der Waals surface area contributed by atoms with Crippen molar-refractivity contribution < 1.29 is 9.84 Å². The van der Waals surface area contributed by atoms with Crippen molar-refractivity contribution in [3.05, 3.63) is 30.0 Å². The molecule has 4 heteroatoms. The Hall–Kier alpha value is -2.27. The molecule has 0 bridgehead atoms. The highest BCUT2D eigenvalue weighted by Crippen LogP contribution is 2.25. The van der Waals surface area contributed by atoms with Crippen molar-refractivity contribution in [1.82, 2.24) is 10.2 Å². The summed E-state index contributed by atoms with van der Waals surface area (Å²) in [6.07, 6.45) is 1.76. The van der Waals surface area contributed by atoms with Gasteiger partial charge >= 0.3 is 0 Å². The number of nitrogens with zero attached hydrogens (tertiary/aromatic N) is 1. The summed E-state index contributed by atoms with van der Waals surface area (Å²) < 4.78 is 5.06. The van der Waals surface area contributed by atoms with Crippen molar-refractivity contribution in [3.63, 3.8) is 0 Å². The van der Waals surface area contributed by atoms with E-state index >= 15 is 0 Å². The van der Waals surface area contributed by atoms with Gasteiger partial charge in [0, 0.05) is 10.9 Å². The molecule has 2 heterocycles. The van der Waals surface area contributed by atoms with Crippen LogP contribution in [0.4, 0.5) is 0 Å². The first kappa shape index (κ1) is 11.8. The summed E-state index contributed by atoms with van der Waals surface area (Å²) >= 11 is 0. The summed E-state index contributed by atoms with van der Waals surface area (Å²) in [6.45, 7) is 0.987. The Balaban J connectivity index is 1.78. The molecule has 1 fully saturated rings. The number of hydrogen-bond donors (Lipinski definition) is 2. The first-order valence-corrected chi connectivity index (χ1v) is 5.96. The molecule has 3 rings (SSSR count). The molecule has 94 valence electrons. The van der Waals surface area contributed by atoms with Crippen molar-refractivity contribution >= 4 is 10.9 Å². The Bertz CT molecular complexity index is 715. The zero-order valence-corrected chi connectivity index (χ0v) is 10.2.